The van der Waals surface area contributed by atoms with Crippen LogP contribution in [0.5, 0.6) is 17.2 Å². The second kappa shape index (κ2) is 8.43. The van der Waals surface area contributed by atoms with Gasteiger partial charge in [0.05, 0.1) is 25.3 Å². The molecule has 0 saturated heterocycles. The number of phenols is 1. The molecule has 0 atom stereocenters. The van der Waals surface area contributed by atoms with Crippen molar-refractivity contribution in [2.75, 3.05) is 14.2 Å². The van der Waals surface area contributed by atoms with Crippen molar-refractivity contribution >= 4 is 21.9 Å². The predicted molar refractivity (Wildman–Crippen MR) is 129 cm³/mol. The molecule has 3 aromatic heterocycles. The zero-order valence-electron chi connectivity index (χ0n) is 18.6. The number of aryl methyl sites for hydroxylation is 2. The van der Waals surface area contributed by atoms with Gasteiger partial charge in [-0.15, -0.1) is 0 Å². The number of pyridine rings is 1. The quantitative estimate of drug-likeness (QED) is 0.359. The first-order valence-corrected chi connectivity index (χ1v) is 10.6. The summed E-state index contributed by atoms with van der Waals surface area (Å²) in [5.41, 5.74) is 2.06. The SMILES string of the molecule is COc1ccc(-c2ccc3c(=O)[nH]c(=O)n(CCc4c[nH]c5ccc(OC)cc45)c3n2)c(O)c1. The molecule has 9 heteroatoms. The Labute approximate surface area is 193 Å². The van der Waals surface area contributed by atoms with Gasteiger partial charge in [-0.3, -0.25) is 14.3 Å². The van der Waals surface area contributed by atoms with Crippen molar-refractivity contribution in [3.8, 4) is 28.5 Å². The van der Waals surface area contributed by atoms with Crippen molar-refractivity contribution in [1.29, 1.82) is 0 Å². The van der Waals surface area contributed by atoms with E-state index in [9.17, 15) is 14.7 Å². The number of rotatable bonds is 6. The zero-order valence-corrected chi connectivity index (χ0v) is 18.6. The van der Waals surface area contributed by atoms with Crippen LogP contribution >= 0.6 is 0 Å². The van der Waals surface area contributed by atoms with Crippen molar-refractivity contribution in [3.05, 3.63) is 81.1 Å². The Morgan fingerprint density at radius 1 is 0.971 bits per heavy atom. The monoisotopic (exact) mass is 458 g/mol. The van der Waals surface area contributed by atoms with Crippen LogP contribution in [0.3, 0.4) is 0 Å². The molecule has 0 bridgehead atoms. The minimum atomic E-state index is -0.543. The Hall–Kier alpha value is -4.53. The van der Waals surface area contributed by atoms with E-state index in [1.54, 1.807) is 31.4 Å². The van der Waals surface area contributed by atoms with Crippen molar-refractivity contribution in [3.63, 3.8) is 0 Å². The van der Waals surface area contributed by atoms with Crippen LogP contribution in [-0.4, -0.2) is 38.8 Å². The molecule has 0 aliphatic carbocycles. The van der Waals surface area contributed by atoms with Gasteiger partial charge in [0.2, 0.25) is 0 Å². The largest absolute Gasteiger partial charge is 0.507 e. The van der Waals surface area contributed by atoms with Crippen molar-refractivity contribution in [2.45, 2.75) is 13.0 Å². The Balaban J connectivity index is 1.58. The third-order valence-corrected chi connectivity index (χ3v) is 5.90. The van der Waals surface area contributed by atoms with Crippen LogP contribution in [0.2, 0.25) is 0 Å². The molecule has 5 rings (SSSR count). The molecule has 0 saturated carbocycles. The highest BCUT2D eigenvalue weighted by Gasteiger charge is 2.14. The maximum absolute atomic E-state index is 12.7. The number of aromatic hydroxyl groups is 1. The lowest BCUT2D eigenvalue weighted by Gasteiger charge is -2.11. The van der Waals surface area contributed by atoms with E-state index in [0.29, 0.717) is 30.0 Å². The van der Waals surface area contributed by atoms with E-state index >= 15 is 0 Å². The molecule has 34 heavy (non-hydrogen) atoms. The van der Waals surface area contributed by atoms with E-state index in [0.717, 1.165) is 22.2 Å². The van der Waals surface area contributed by atoms with Crippen LogP contribution in [0.15, 0.2) is 64.3 Å². The van der Waals surface area contributed by atoms with E-state index < -0.39 is 11.2 Å². The molecule has 0 amide bonds. The molecule has 3 N–H and O–H groups in total. The summed E-state index contributed by atoms with van der Waals surface area (Å²) in [4.78, 5) is 35.4. The van der Waals surface area contributed by atoms with E-state index in [2.05, 4.69) is 15.0 Å². The topological polar surface area (TPSA) is 122 Å². The number of benzene rings is 2. The van der Waals surface area contributed by atoms with Crippen molar-refractivity contribution in [2.24, 2.45) is 0 Å². The fraction of sp³-hybridized carbons (Fsp3) is 0.160. The van der Waals surface area contributed by atoms with Crippen LogP contribution in [-0.2, 0) is 13.0 Å². The Kier molecular flexibility index (Phi) is 5.29. The number of hydrogen-bond acceptors (Lipinski definition) is 6. The maximum Gasteiger partial charge on any atom is 0.330 e. The second-order valence-corrected chi connectivity index (χ2v) is 7.84. The molecule has 0 fully saturated rings. The number of hydrogen-bond donors (Lipinski definition) is 3. The summed E-state index contributed by atoms with van der Waals surface area (Å²) in [7, 11) is 3.13. The summed E-state index contributed by atoms with van der Waals surface area (Å²) in [6.45, 7) is 0.293. The normalized spacial score (nSPS) is 11.2. The first-order valence-electron chi connectivity index (χ1n) is 10.6. The minimum Gasteiger partial charge on any atom is -0.507 e. The van der Waals surface area contributed by atoms with Gasteiger partial charge in [0.1, 0.15) is 22.9 Å². The average molecular weight is 458 g/mol. The lowest BCUT2D eigenvalue weighted by molar-refractivity contribution is 0.408. The lowest BCUT2D eigenvalue weighted by Crippen LogP contribution is -2.31. The Morgan fingerprint density at radius 3 is 2.50 bits per heavy atom. The molecule has 0 radical (unpaired) electrons. The highest BCUT2D eigenvalue weighted by atomic mass is 16.5. The zero-order chi connectivity index (χ0) is 23.8. The van der Waals surface area contributed by atoms with Crippen LogP contribution in [0.1, 0.15) is 5.56 Å². The van der Waals surface area contributed by atoms with Crippen LogP contribution < -0.4 is 20.7 Å². The fourth-order valence-corrected chi connectivity index (χ4v) is 4.10. The average Bonchev–Trinajstić information content (AvgIpc) is 3.25. The fourth-order valence-electron chi connectivity index (χ4n) is 4.10. The van der Waals surface area contributed by atoms with Crippen LogP contribution in [0.25, 0.3) is 33.2 Å². The number of aromatic amines is 2. The summed E-state index contributed by atoms with van der Waals surface area (Å²) in [5.74, 6) is 1.23. The van der Waals surface area contributed by atoms with Gasteiger partial charge in [-0.2, -0.15) is 0 Å². The molecular weight excluding hydrogens is 436 g/mol. The summed E-state index contributed by atoms with van der Waals surface area (Å²) < 4.78 is 11.9. The Morgan fingerprint density at radius 2 is 1.74 bits per heavy atom. The molecule has 3 heterocycles. The lowest BCUT2D eigenvalue weighted by atomic mass is 10.1. The highest BCUT2D eigenvalue weighted by Crippen LogP contribution is 2.32. The van der Waals surface area contributed by atoms with Crippen LogP contribution in [0.4, 0.5) is 0 Å². The number of ether oxygens (including phenoxy) is 2. The van der Waals surface area contributed by atoms with Gasteiger partial charge in [0.15, 0.2) is 0 Å². The molecule has 5 aromatic rings. The molecule has 0 aliphatic heterocycles. The standard InChI is InChI=1S/C25H22N4O5/c1-33-15-4-7-20-19(11-15)14(13-26-20)9-10-29-23-18(24(31)28-25(29)32)6-8-21(27-23)17-5-3-16(34-2)12-22(17)30/h3-8,11-13,26,30H,9-10H2,1-2H3,(H,28,31,32). The van der Waals surface area contributed by atoms with Gasteiger partial charge in [-0.05, 0) is 54.4 Å². The number of methoxy groups -OCH3 is 2. The van der Waals surface area contributed by atoms with E-state index in [1.807, 2.05) is 24.4 Å². The number of nitrogens with zero attached hydrogens (tertiary/aromatic N) is 2. The third kappa shape index (κ3) is 3.66. The maximum atomic E-state index is 12.7. The van der Waals surface area contributed by atoms with E-state index in [4.69, 9.17) is 9.47 Å². The van der Waals surface area contributed by atoms with Gasteiger partial charge in [-0.1, -0.05) is 0 Å². The number of phenolic OH excluding ortho intramolecular Hbond substituents is 1. The van der Waals surface area contributed by atoms with E-state index in [1.165, 1.54) is 17.7 Å². The number of aromatic nitrogens is 4. The van der Waals surface area contributed by atoms with Gasteiger partial charge in [0, 0.05) is 35.3 Å². The number of fused-ring (bicyclic) bond motifs is 2. The third-order valence-electron chi connectivity index (χ3n) is 5.90. The molecule has 2 aromatic carbocycles. The predicted octanol–water partition coefficient (Wildman–Crippen LogP) is 3.20. The number of H-pyrrole nitrogens is 2. The first kappa shape index (κ1) is 21.3. The van der Waals surface area contributed by atoms with Crippen molar-refractivity contribution < 1.29 is 14.6 Å². The molecule has 172 valence electrons. The summed E-state index contributed by atoms with van der Waals surface area (Å²) >= 11 is 0. The first-order chi connectivity index (χ1) is 16.5. The molecule has 0 unspecified atom stereocenters. The minimum absolute atomic E-state index is 0.0160. The molecule has 9 nitrogen and oxygen atoms in total. The number of nitrogens with one attached hydrogen (secondary N) is 2. The smallest absolute Gasteiger partial charge is 0.330 e. The van der Waals surface area contributed by atoms with Gasteiger partial charge in [0.25, 0.3) is 5.56 Å². The second-order valence-electron chi connectivity index (χ2n) is 7.84. The van der Waals surface area contributed by atoms with Gasteiger partial charge in [-0.25, -0.2) is 9.78 Å². The Bertz CT molecular complexity index is 1650. The molecule has 0 spiro atoms. The summed E-state index contributed by atoms with van der Waals surface area (Å²) in [6, 6.07) is 13.9. The van der Waals surface area contributed by atoms with Gasteiger partial charge < -0.3 is 19.6 Å². The highest BCUT2D eigenvalue weighted by molar-refractivity contribution is 5.84. The summed E-state index contributed by atoms with van der Waals surface area (Å²) in [6.07, 6.45) is 2.42. The molecular formula is C25H22N4O5. The molecule has 0 aliphatic rings. The van der Waals surface area contributed by atoms with Crippen LogP contribution in [0, 0.1) is 0 Å². The van der Waals surface area contributed by atoms with E-state index in [-0.39, 0.29) is 16.8 Å². The summed E-state index contributed by atoms with van der Waals surface area (Å²) in [5, 5.41) is 11.7. The van der Waals surface area contributed by atoms with Gasteiger partial charge >= 0.3 is 5.69 Å². The van der Waals surface area contributed by atoms with Crippen molar-refractivity contribution in [1.82, 2.24) is 19.5 Å².